The minimum Gasteiger partial charge on any atom is -0.491 e. The zero-order chi connectivity index (χ0) is 20.5. The molecule has 1 unspecified atom stereocenters. The van der Waals surface area contributed by atoms with E-state index in [4.69, 9.17) is 25.8 Å². The van der Waals surface area contributed by atoms with E-state index in [0.29, 0.717) is 49.3 Å². The molecular weight excluding hydrogens is 392 g/mol. The fourth-order valence-corrected chi connectivity index (χ4v) is 3.59. The van der Waals surface area contributed by atoms with Gasteiger partial charge in [0.1, 0.15) is 12.4 Å². The van der Waals surface area contributed by atoms with Gasteiger partial charge >= 0.3 is 0 Å². The maximum atomic E-state index is 12.8. The molecule has 7 heteroatoms. The van der Waals surface area contributed by atoms with Gasteiger partial charge in [0.15, 0.2) is 0 Å². The number of carbonyl (C=O) groups excluding carboxylic acids is 1. The number of halogens is 1. The van der Waals surface area contributed by atoms with Crippen molar-refractivity contribution in [1.29, 1.82) is 0 Å². The van der Waals surface area contributed by atoms with Gasteiger partial charge in [0.25, 0.3) is 5.91 Å². The molecular formula is C22H27ClN2O4. The van der Waals surface area contributed by atoms with Crippen LogP contribution in [0.2, 0.25) is 5.02 Å². The number of nitrogens with zero attached hydrogens (tertiary/aromatic N) is 1. The van der Waals surface area contributed by atoms with Crippen LogP contribution in [-0.4, -0.2) is 64.0 Å². The Morgan fingerprint density at radius 3 is 2.72 bits per heavy atom. The quantitative estimate of drug-likeness (QED) is 0.634. The molecule has 6 nitrogen and oxygen atoms in total. The van der Waals surface area contributed by atoms with E-state index >= 15 is 0 Å². The summed E-state index contributed by atoms with van der Waals surface area (Å²) in [6.45, 7) is 4.34. The molecule has 0 radical (unpaired) electrons. The first-order valence-corrected chi connectivity index (χ1v) is 10.1. The van der Waals surface area contributed by atoms with Crippen molar-refractivity contribution < 1.29 is 19.0 Å². The second-order valence-electron chi connectivity index (χ2n) is 6.76. The Morgan fingerprint density at radius 1 is 1.17 bits per heavy atom. The highest BCUT2D eigenvalue weighted by Crippen LogP contribution is 2.28. The first-order chi connectivity index (χ1) is 14.2. The lowest BCUT2D eigenvalue weighted by Gasteiger charge is -2.35. The first kappa shape index (κ1) is 21.6. The largest absolute Gasteiger partial charge is 0.491 e. The number of hydrogen-bond acceptors (Lipinski definition) is 5. The van der Waals surface area contributed by atoms with Crippen molar-refractivity contribution in [3.63, 3.8) is 0 Å². The lowest BCUT2D eigenvalue weighted by atomic mass is 10.0. The van der Waals surface area contributed by atoms with E-state index in [0.717, 1.165) is 18.7 Å². The third-order valence-electron chi connectivity index (χ3n) is 4.86. The minimum absolute atomic E-state index is 0.0160. The third-order valence-corrected chi connectivity index (χ3v) is 5.20. The van der Waals surface area contributed by atoms with Gasteiger partial charge in [-0.05, 0) is 29.8 Å². The number of amides is 1. The summed E-state index contributed by atoms with van der Waals surface area (Å²) in [6, 6.07) is 14.9. The maximum Gasteiger partial charge on any atom is 0.251 e. The van der Waals surface area contributed by atoms with E-state index in [1.807, 2.05) is 36.4 Å². The molecule has 0 aliphatic carbocycles. The van der Waals surface area contributed by atoms with Gasteiger partial charge in [-0.25, -0.2) is 0 Å². The Kier molecular flexibility index (Phi) is 8.31. The van der Waals surface area contributed by atoms with Crippen molar-refractivity contribution in [3.05, 3.63) is 64.7 Å². The third kappa shape index (κ3) is 6.18. The molecule has 1 aliphatic heterocycles. The highest BCUT2D eigenvalue weighted by Gasteiger charge is 2.25. The Morgan fingerprint density at radius 2 is 1.97 bits per heavy atom. The average molecular weight is 419 g/mol. The van der Waals surface area contributed by atoms with Crippen LogP contribution in [0.1, 0.15) is 22.0 Å². The summed E-state index contributed by atoms with van der Waals surface area (Å²) in [5.41, 5.74) is 1.56. The summed E-state index contributed by atoms with van der Waals surface area (Å²) in [5, 5.41) is 3.76. The van der Waals surface area contributed by atoms with Crippen LogP contribution in [0.5, 0.6) is 5.75 Å². The van der Waals surface area contributed by atoms with Crippen LogP contribution in [0.25, 0.3) is 0 Å². The number of methoxy groups -OCH3 is 1. The van der Waals surface area contributed by atoms with Crippen LogP contribution in [-0.2, 0) is 9.47 Å². The minimum atomic E-state index is -0.146. The summed E-state index contributed by atoms with van der Waals surface area (Å²) in [6.07, 6.45) is 0. The standard InChI is InChI=1S/C22H27ClN2O4/c1-27-13-14-29-18-6-4-5-17(15-18)22(26)24-16-21(25-9-11-28-12-10-25)19-7-2-3-8-20(19)23/h2-8,15,21H,9-14,16H2,1H3,(H,24,26). The van der Waals surface area contributed by atoms with Crippen molar-refractivity contribution in [2.75, 3.05) is 53.2 Å². The highest BCUT2D eigenvalue weighted by atomic mass is 35.5. The molecule has 0 aromatic heterocycles. The molecule has 1 N–H and O–H groups in total. The summed E-state index contributed by atoms with van der Waals surface area (Å²) < 4.78 is 16.1. The molecule has 1 amide bonds. The Balaban J connectivity index is 1.68. The zero-order valence-electron chi connectivity index (χ0n) is 16.6. The molecule has 0 spiro atoms. The molecule has 156 valence electrons. The second kappa shape index (κ2) is 11.2. The normalized spacial score (nSPS) is 15.7. The fourth-order valence-electron chi connectivity index (χ4n) is 3.33. The summed E-state index contributed by atoms with van der Waals surface area (Å²) in [7, 11) is 1.62. The SMILES string of the molecule is COCCOc1cccc(C(=O)NCC(c2ccccc2Cl)N2CCOCC2)c1. The summed E-state index contributed by atoms with van der Waals surface area (Å²) >= 11 is 6.45. The zero-order valence-corrected chi connectivity index (χ0v) is 17.4. The Bertz CT molecular complexity index is 796. The highest BCUT2D eigenvalue weighted by molar-refractivity contribution is 6.31. The van der Waals surface area contributed by atoms with Gasteiger partial charge in [-0.1, -0.05) is 35.9 Å². The van der Waals surface area contributed by atoms with E-state index < -0.39 is 0 Å². The van der Waals surface area contributed by atoms with Gasteiger partial charge in [0, 0.05) is 37.3 Å². The van der Waals surface area contributed by atoms with Crippen molar-refractivity contribution >= 4 is 17.5 Å². The van der Waals surface area contributed by atoms with Gasteiger partial charge in [0.2, 0.25) is 0 Å². The predicted octanol–water partition coefficient (Wildman–Crippen LogP) is 3.17. The van der Waals surface area contributed by atoms with Gasteiger partial charge in [-0.3, -0.25) is 9.69 Å². The van der Waals surface area contributed by atoms with Crippen LogP contribution in [0.4, 0.5) is 0 Å². The summed E-state index contributed by atoms with van der Waals surface area (Å²) in [5.74, 6) is 0.498. The lowest BCUT2D eigenvalue weighted by Crippen LogP contribution is -2.44. The van der Waals surface area contributed by atoms with E-state index in [-0.39, 0.29) is 11.9 Å². The number of carbonyl (C=O) groups is 1. The number of nitrogens with one attached hydrogen (secondary N) is 1. The van der Waals surface area contributed by atoms with Crippen molar-refractivity contribution in [2.45, 2.75) is 6.04 Å². The fraction of sp³-hybridized carbons (Fsp3) is 0.409. The van der Waals surface area contributed by atoms with E-state index in [2.05, 4.69) is 10.2 Å². The van der Waals surface area contributed by atoms with Crippen molar-refractivity contribution in [1.82, 2.24) is 10.2 Å². The average Bonchev–Trinajstić information content (AvgIpc) is 2.76. The van der Waals surface area contributed by atoms with E-state index in [9.17, 15) is 4.79 Å². The van der Waals surface area contributed by atoms with Crippen LogP contribution >= 0.6 is 11.6 Å². The van der Waals surface area contributed by atoms with Crippen LogP contribution in [0.15, 0.2) is 48.5 Å². The van der Waals surface area contributed by atoms with Gasteiger partial charge in [-0.15, -0.1) is 0 Å². The number of morpholine rings is 1. The van der Waals surface area contributed by atoms with Crippen LogP contribution in [0.3, 0.4) is 0 Å². The molecule has 2 aromatic carbocycles. The predicted molar refractivity (Wildman–Crippen MR) is 113 cm³/mol. The monoisotopic (exact) mass is 418 g/mol. The Hall–Kier alpha value is -2.12. The lowest BCUT2D eigenvalue weighted by molar-refractivity contribution is 0.0162. The molecule has 1 heterocycles. The molecule has 1 aliphatic rings. The number of hydrogen-bond donors (Lipinski definition) is 1. The van der Waals surface area contributed by atoms with E-state index in [1.54, 1.807) is 19.2 Å². The van der Waals surface area contributed by atoms with Crippen LogP contribution < -0.4 is 10.1 Å². The number of ether oxygens (including phenoxy) is 3. The Labute approximate surface area is 176 Å². The molecule has 0 bridgehead atoms. The molecule has 1 saturated heterocycles. The molecule has 2 aromatic rings. The topological polar surface area (TPSA) is 60.0 Å². The smallest absolute Gasteiger partial charge is 0.251 e. The molecule has 1 fully saturated rings. The maximum absolute atomic E-state index is 12.8. The number of benzene rings is 2. The van der Waals surface area contributed by atoms with Crippen molar-refractivity contribution in [3.8, 4) is 5.75 Å². The van der Waals surface area contributed by atoms with E-state index in [1.165, 1.54) is 0 Å². The van der Waals surface area contributed by atoms with Gasteiger partial charge in [0.05, 0.1) is 25.9 Å². The summed E-state index contributed by atoms with van der Waals surface area (Å²) in [4.78, 5) is 15.1. The van der Waals surface area contributed by atoms with Gasteiger partial charge < -0.3 is 19.5 Å². The van der Waals surface area contributed by atoms with Crippen molar-refractivity contribution in [2.24, 2.45) is 0 Å². The molecule has 29 heavy (non-hydrogen) atoms. The van der Waals surface area contributed by atoms with Crippen LogP contribution in [0, 0.1) is 0 Å². The molecule has 3 rings (SSSR count). The molecule has 1 atom stereocenters. The first-order valence-electron chi connectivity index (χ1n) is 9.75. The van der Waals surface area contributed by atoms with Gasteiger partial charge in [-0.2, -0.15) is 0 Å². The second-order valence-corrected chi connectivity index (χ2v) is 7.17. The number of rotatable bonds is 9. The molecule has 0 saturated carbocycles.